The van der Waals surface area contributed by atoms with Gasteiger partial charge in [0.2, 0.25) is 0 Å². The first kappa shape index (κ1) is 15.4. The topological polar surface area (TPSA) is 52.5 Å². The fraction of sp³-hybridized carbons (Fsp3) is 0.625. The Morgan fingerprint density at radius 3 is 2.40 bits per heavy atom. The van der Waals surface area contributed by atoms with Gasteiger partial charge in [-0.3, -0.25) is 0 Å². The molecule has 1 atom stereocenters. The fourth-order valence-electron chi connectivity index (χ4n) is 2.97. The van der Waals surface area contributed by atoms with Gasteiger partial charge >= 0.3 is 0 Å². The number of hydrogen-bond donors (Lipinski definition) is 3. The third kappa shape index (κ3) is 4.01. The van der Waals surface area contributed by atoms with Crippen LogP contribution in [0.15, 0.2) is 24.3 Å². The number of benzene rings is 1. The summed E-state index contributed by atoms with van der Waals surface area (Å²) in [5.74, 6) is -0.296. The Labute approximate surface area is 119 Å². The van der Waals surface area contributed by atoms with E-state index in [1.165, 1.54) is 31.4 Å². The van der Waals surface area contributed by atoms with Crippen molar-refractivity contribution in [3.63, 3.8) is 0 Å². The highest BCUT2D eigenvalue weighted by molar-refractivity contribution is 5.18. The van der Waals surface area contributed by atoms with Gasteiger partial charge in [-0.2, -0.15) is 0 Å². The van der Waals surface area contributed by atoms with E-state index < -0.39 is 6.10 Å². The molecule has 1 aliphatic rings. The average molecular weight is 281 g/mol. The molecule has 4 heteroatoms. The van der Waals surface area contributed by atoms with E-state index >= 15 is 0 Å². The minimum atomic E-state index is -0.644. The zero-order valence-corrected chi connectivity index (χ0v) is 11.8. The molecule has 1 saturated carbocycles. The van der Waals surface area contributed by atoms with E-state index in [1.807, 2.05) is 0 Å². The molecular formula is C16H24FNO2. The van der Waals surface area contributed by atoms with Crippen molar-refractivity contribution in [2.75, 3.05) is 19.7 Å². The second kappa shape index (κ2) is 7.16. The summed E-state index contributed by atoms with van der Waals surface area (Å²) >= 11 is 0. The highest BCUT2D eigenvalue weighted by Gasteiger charge is 2.30. The Hall–Kier alpha value is -0.970. The smallest absolute Gasteiger partial charge is 0.123 e. The molecule has 3 nitrogen and oxygen atoms in total. The molecule has 1 unspecified atom stereocenters. The van der Waals surface area contributed by atoms with E-state index in [2.05, 4.69) is 5.32 Å². The van der Waals surface area contributed by atoms with Crippen molar-refractivity contribution in [1.29, 1.82) is 0 Å². The van der Waals surface area contributed by atoms with Crippen LogP contribution >= 0.6 is 0 Å². The number of rotatable bonds is 6. The largest absolute Gasteiger partial charge is 0.396 e. The summed E-state index contributed by atoms with van der Waals surface area (Å²) in [6, 6.07) is 5.91. The number of halogens is 1. The predicted molar refractivity (Wildman–Crippen MR) is 76.8 cm³/mol. The first-order valence-electron chi connectivity index (χ1n) is 7.40. The van der Waals surface area contributed by atoms with E-state index in [-0.39, 0.29) is 17.8 Å². The van der Waals surface area contributed by atoms with Crippen molar-refractivity contribution in [2.24, 2.45) is 5.41 Å². The van der Waals surface area contributed by atoms with Gasteiger partial charge in [-0.05, 0) is 30.5 Å². The van der Waals surface area contributed by atoms with Crippen LogP contribution in [0.4, 0.5) is 4.39 Å². The van der Waals surface area contributed by atoms with Gasteiger partial charge in [-0.25, -0.2) is 4.39 Å². The van der Waals surface area contributed by atoms with Crippen molar-refractivity contribution in [3.8, 4) is 0 Å². The van der Waals surface area contributed by atoms with Crippen LogP contribution in [-0.4, -0.2) is 29.9 Å². The maximum atomic E-state index is 12.8. The van der Waals surface area contributed by atoms with Gasteiger partial charge in [-0.1, -0.05) is 31.4 Å². The summed E-state index contributed by atoms with van der Waals surface area (Å²) in [5.41, 5.74) is 0.682. The predicted octanol–water partition coefficient (Wildman–Crippen LogP) is 2.39. The van der Waals surface area contributed by atoms with Crippen LogP contribution in [-0.2, 0) is 0 Å². The fourth-order valence-corrected chi connectivity index (χ4v) is 2.97. The zero-order chi connectivity index (χ0) is 14.4. The molecule has 0 aliphatic heterocycles. The summed E-state index contributed by atoms with van der Waals surface area (Å²) in [4.78, 5) is 0. The van der Waals surface area contributed by atoms with Crippen molar-refractivity contribution >= 4 is 0 Å². The Kier molecular flexibility index (Phi) is 5.52. The molecule has 1 fully saturated rings. The lowest BCUT2D eigenvalue weighted by atomic mass is 9.74. The van der Waals surface area contributed by atoms with Gasteiger partial charge in [0.25, 0.3) is 0 Å². The van der Waals surface area contributed by atoms with Crippen molar-refractivity contribution in [1.82, 2.24) is 5.32 Å². The Morgan fingerprint density at radius 2 is 1.80 bits per heavy atom. The molecule has 112 valence electrons. The number of nitrogens with one attached hydrogen (secondary N) is 1. The maximum absolute atomic E-state index is 12.8. The lowest BCUT2D eigenvalue weighted by Crippen LogP contribution is -2.40. The van der Waals surface area contributed by atoms with Gasteiger partial charge in [0, 0.05) is 25.1 Å². The standard InChI is InChI=1S/C16H24FNO2/c17-14-6-4-13(5-7-14)15(20)10-18-11-16(12-19)8-2-1-3-9-16/h4-7,15,18-20H,1-3,8-12H2. The molecule has 0 radical (unpaired) electrons. The van der Waals surface area contributed by atoms with E-state index in [9.17, 15) is 14.6 Å². The SMILES string of the molecule is OCC1(CNCC(O)c2ccc(F)cc2)CCCCC1. The van der Waals surface area contributed by atoms with E-state index in [0.717, 1.165) is 19.4 Å². The van der Waals surface area contributed by atoms with Crippen molar-refractivity contribution in [3.05, 3.63) is 35.6 Å². The van der Waals surface area contributed by atoms with Crippen LogP contribution in [0.25, 0.3) is 0 Å². The van der Waals surface area contributed by atoms with Crippen molar-refractivity contribution < 1.29 is 14.6 Å². The Bertz CT molecular complexity index is 401. The van der Waals surface area contributed by atoms with Crippen LogP contribution in [0.1, 0.15) is 43.8 Å². The second-order valence-electron chi connectivity index (χ2n) is 5.92. The van der Waals surface area contributed by atoms with Crippen LogP contribution in [0.5, 0.6) is 0 Å². The maximum Gasteiger partial charge on any atom is 0.123 e. The van der Waals surface area contributed by atoms with E-state index in [0.29, 0.717) is 12.1 Å². The Morgan fingerprint density at radius 1 is 1.15 bits per heavy atom. The molecule has 0 amide bonds. The van der Waals surface area contributed by atoms with Gasteiger partial charge < -0.3 is 15.5 Å². The van der Waals surface area contributed by atoms with Crippen LogP contribution < -0.4 is 5.32 Å². The van der Waals surface area contributed by atoms with Gasteiger partial charge in [0.1, 0.15) is 5.82 Å². The molecule has 3 N–H and O–H groups in total. The van der Waals surface area contributed by atoms with Crippen molar-refractivity contribution in [2.45, 2.75) is 38.2 Å². The number of aliphatic hydroxyl groups is 2. The zero-order valence-electron chi connectivity index (χ0n) is 11.8. The molecule has 0 heterocycles. The second-order valence-corrected chi connectivity index (χ2v) is 5.92. The third-order valence-corrected chi connectivity index (χ3v) is 4.34. The molecule has 2 rings (SSSR count). The number of aliphatic hydroxyl groups excluding tert-OH is 2. The van der Waals surface area contributed by atoms with Gasteiger partial charge in [0.15, 0.2) is 0 Å². The van der Waals surface area contributed by atoms with Gasteiger partial charge in [-0.15, -0.1) is 0 Å². The van der Waals surface area contributed by atoms with Crippen LogP contribution in [0, 0.1) is 11.2 Å². The minimum Gasteiger partial charge on any atom is -0.396 e. The minimum absolute atomic E-state index is 0.0270. The van der Waals surface area contributed by atoms with E-state index in [1.54, 1.807) is 12.1 Å². The quantitative estimate of drug-likeness (QED) is 0.750. The highest BCUT2D eigenvalue weighted by Crippen LogP contribution is 2.35. The normalized spacial score (nSPS) is 19.8. The lowest BCUT2D eigenvalue weighted by Gasteiger charge is -2.36. The lowest BCUT2D eigenvalue weighted by molar-refractivity contribution is 0.0757. The monoisotopic (exact) mass is 281 g/mol. The molecule has 1 aliphatic carbocycles. The van der Waals surface area contributed by atoms with E-state index in [4.69, 9.17) is 0 Å². The highest BCUT2D eigenvalue weighted by atomic mass is 19.1. The first-order valence-corrected chi connectivity index (χ1v) is 7.40. The molecule has 1 aromatic carbocycles. The molecular weight excluding hydrogens is 257 g/mol. The number of hydrogen-bond acceptors (Lipinski definition) is 3. The summed E-state index contributed by atoms with van der Waals surface area (Å²) in [6.45, 7) is 1.35. The average Bonchev–Trinajstić information content (AvgIpc) is 2.49. The van der Waals surface area contributed by atoms with Gasteiger partial charge in [0.05, 0.1) is 6.10 Å². The molecule has 0 aromatic heterocycles. The van der Waals surface area contributed by atoms with Crippen LogP contribution in [0.3, 0.4) is 0 Å². The Balaban J connectivity index is 1.81. The summed E-state index contributed by atoms with van der Waals surface area (Å²) in [6.07, 6.45) is 5.03. The molecule has 1 aromatic rings. The first-order chi connectivity index (χ1) is 9.65. The summed E-state index contributed by atoms with van der Waals surface area (Å²) in [5, 5.41) is 22.9. The van der Waals surface area contributed by atoms with Crippen LogP contribution in [0.2, 0.25) is 0 Å². The molecule has 0 spiro atoms. The third-order valence-electron chi connectivity index (χ3n) is 4.34. The molecule has 0 bridgehead atoms. The summed E-state index contributed by atoms with van der Waals surface area (Å²) in [7, 11) is 0. The summed E-state index contributed by atoms with van der Waals surface area (Å²) < 4.78 is 12.8. The molecule has 0 saturated heterocycles. The molecule has 20 heavy (non-hydrogen) atoms.